The van der Waals surface area contributed by atoms with E-state index < -0.39 is 21.4 Å². The van der Waals surface area contributed by atoms with Gasteiger partial charge in [0.2, 0.25) is 0 Å². The zero-order chi connectivity index (χ0) is 38.2. The van der Waals surface area contributed by atoms with Crippen molar-refractivity contribution in [1.29, 1.82) is 0 Å². The van der Waals surface area contributed by atoms with Gasteiger partial charge in [0.1, 0.15) is 0 Å². The molecule has 300 valence electrons. The van der Waals surface area contributed by atoms with E-state index in [4.69, 9.17) is 4.74 Å². The lowest BCUT2D eigenvalue weighted by molar-refractivity contribution is -0.221. The van der Waals surface area contributed by atoms with E-state index in [9.17, 15) is 18.3 Å². The van der Waals surface area contributed by atoms with Gasteiger partial charge in [-0.2, -0.15) is 0 Å². The molecule has 0 aromatic carbocycles. The molecule has 0 bridgehead atoms. The molecule has 7 nitrogen and oxygen atoms in total. The molecule has 0 spiro atoms. The summed E-state index contributed by atoms with van der Waals surface area (Å²) in [6, 6.07) is 0. The number of rotatable bonds is 10. The molecule has 0 aromatic heterocycles. The van der Waals surface area contributed by atoms with Gasteiger partial charge in [0, 0.05) is 38.3 Å². The van der Waals surface area contributed by atoms with Crippen molar-refractivity contribution in [3.8, 4) is 0 Å². The number of hydrogen-bond acceptors (Lipinski definition) is 6. The molecule has 0 unspecified atom stereocenters. The topological polar surface area (TPSA) is 95.9 Å². The van der Waals surface area contributed by atoms with Crippen LogP contribution in [0.1, 0.15) is 138 Å². The van der Waals surface area contributed by atoms with Crippen LogP contribution in [0.3, 0.4) is 0 Å². The minimum atomic E-state index is -2.86. The fraction of sp³-hybridized carbons (Fsp3) is 0.889. The summed E-state index contributed by atoms with van der Waals surface area (Å²) < 4.78 is 30.0. The van der Waals surface area contributed by atoms with E-state index in [0.717, 1.165) is 32.4 Å². The summed E-state index contributed by atoms with van der Waals surface area (Å²) in [5.74, 6) is 3.64. The van der Waals surface area contributed by atoms with E-state index in [1.54, 1.807) is 5.57 Å². The van der Waals surface area contributed by atoms with Crippen LogP contribution in [-0.2, 0) is 19.4 Å². The molecule has 7 aliphatic rings. The van der Waals surface area contributed by atoms with Gasteiger partial charge in [0.05, 0.1) is 11.5 Å². The van der Waals surface area contributed by atoms with Crippen LogP contribution in [0.15, 0.2) is 23.8 Å². The van der Waals surface area contributed by atoms with Crippen molar-refractivity contribution in [2.75, 3.05) is 44.3 Å². The van der Waals surface area contributed by atoms with Crippen molar-refractivity contribution < 1.29 is 23.1 Å². The average molecular weight is 755 g/mol. The van der Waals surface area contributed by atoms with Gasteiger partial charge in [-0.1, -0.05) is 58.4 Å². The predicted octanol–water partition coefficient (Wildman–Crippen LogP) is 8.69. The summed E-state index contributed by atoms with van der Waals surface area (Å²) in [5, 5.41) is 14.2. The van der Waals surface area contributed by atoms with Crippen LogP contribution < -0.4 is 5.32 Å². The van der Waals surface area contributed by atoms with Gasteiger partial charge < -0.3 is 20.1 Å². The molecule has 5 saturated carbocycles. The predicted molar refractivity (Wildman–Crippen MR) is 214 cm³/mol. The Bertz CT molecular complexity index is 1550. The maximum atomic E-state index is 12.2. The number of fused-ring (bicyclic) bond motifs is 7. The van der Waals surface area contributed by atoms with E-state index in [1.165, 1.54) is 63.4 Å². The Morgan fingerprint density at radius 1 is 0.925 bits per heavy atom. The highest BCUT2D eigenvalue weighted by molar-refractivity contribution is 7.91. The Morgan fingerprint density at radius 3 is 2.26 bits per heavy atom. The number of carbonyl (C=O) groups is 1. The number of hydrogen-bond donors (Lipinski definition) is 2. The number of carboxylic acids is 1. The third-order valence-electron chi connectivity index (χ3n) is 18.4. The van der Waals surface area contributed by atoms with E-state index >= 15 is 0 Å². The first-order valence-corrected chi connectivity index (χ1v) is 23.6. The summed E-state index contributed by atoms with van der Waals surface area (Å²) in [4.78, 5) is 14.5. The van der Waals surface area contributed by atoms with Crippen LogP contribution in [-0.4, -0.2) is 79.8 Å². The minimum Gasteiger partial charge on any atom is -0.479 e. The molecule has 0 amide bonds. The molecular formula is C45H74N2O5S. The second-order valence-corrected chi connectivity index (χ2v) is 23.1. The van der Waals surface area contributed by atoms with Crippen LogP contribution in [0.5, 0.6) is 0 Å². The lowest BCUT2D eigenvalue weighted by Crippen LogP contribution is -2.68. The Hall–Kier alpha value is -1.22. The lowest BCUT2D eigenvalue weighted by Gasteiger charge is -2.72. The SMILES string of the molecule is C=C(C)[C@@H]1CC[C@]2(NCCN3CCS(=O)(=O)CC3)CC[C@]3(C)[C@H](CC[C@@H]4[C@@]5(C)CC=C(CC6CCC(OCC)(C(=O)O)CC6)C(C)(C)[C@@H]5CC[C@]43C)[C@@H]12. The van der Waals surface area contributed by atoms with Crippen molar-refractivity contribution in [1.82, 2.24) is 10.2 Å². The van der Waals surface area contributed by atoms with Gasteiger partial charge in [-0.3, -0.25) is 0 Å². The van der Waals surface area contributed by atoms with Gasteiger partial charge in [-0.25, -0.2) is 13.2 Å². The highest BCUT2D eigenvalue weighted by Crippen LogP contribution is 2.76. The Balaban J connectivity index is 1.08. The van der Waals surface area contributed by atoms with E-state index in [0.29, 0.717) is 90.4 Å². The molecule has 1 heterocycles. The highest BCUT2D eigenvalue weighted by Gasteiger charge is 2.70. The van der Waals surface area contributed by atoms with Crippen molar-refractivity contribution in [2.45, 2.75) is 149 Å². The fourth-order valence-corrected chi connectivity index (χ4v) is 16.5. The van der Waals surface area contributed by atoms with E-state index in [2.05, 4.69) is 64.4 Å². The normalized spacial score (nSPS) is 46.3. The maximum absolute atomic E-state index is 12.2. The van der Waals surface area contributed by atoms with Crippen LogP contribution in [0.2, 0.25) is 0 Å². The first kappa shape index (κ1) is 40.0. The lowest BCUT2D eigenvalue weighted by atomic mass is 9.33. The highest BCUT2D eigenvalue weighted by atomic mass is 32.2. The number of ether oxygens (including phenoxy) is 1. The molecule has 0 radical (unpaired) electrons. The van der Waals surface area contributed by atoms with Gasteiger partial charge >= 0.3 is 5.97 Å². The Kier molecular flexibility index (Phi) is 10.6. The summed E-state index contributed by atoms with van der Waals surface area (Å²) in [6.45, 7) is 25.8. The second kappa shape index (κ2) is 14.0. The molecular weight excluding hydrogens is 681 g/mol. The molecule has 2 N–H and O–H groups in total. The first-order chi connectivity index (χ1) is 24.9. The molecule has 7 rings (SSSR count). The minimum absolute atomic E-state index is 0.147. The average Bonchev–Trinajstić information content (AvgIpc) is 3.48. The molecule has 1 aliphatic heterocycles. The molecule has 6 aliphatic carbocycles. The zero-order valence-corrected chi connectivity index (χ0v) is 35.3. The quantitative estimate of drug-likeness (QED) is 0.216. The van der Waals surface area contributed by atoms with Crippen LogP contribution in [0.4, 0.5) is 0 Å². The third-order valence-corrected chi connectivity index (χ3v) is 20.0. The monoisotopic (exact) mass is 755 g/mol. The Morgan fingerprint density at radius 2 is 1.62 bits per heavy atom. The number of nitrogens with one attached hydrogen (secondary N) is 1. The van der Waals surface area contributed by atoms with E-state index in [-0.39, 0.29) is 16.4 Å². The summed E-state index contributed by atoms with van der Waals surface area (Å²) >= 11 is 0. The number of sulfone groups is 1. The number of aliphatic carboxylic acids is 1. The molecule has 6 fully saturated rings. The van der Waals surface area contributed by atoms with Gasteiger partial charge in [0.25, 0.3) is 0 Å². The van der Waals surface area contributed by atoms with Crippen LogP contribution in [0, 0.1) is 57.2 Å². The van der Waals surface area contributed by atoms with E-state index in [1.807, 2.05) is 6.92 Å². The molecule has 53 heavy (non-hydrogen) atoms. The molecule has 9 atom stereocenters. The number of carboxylic acid groups (broad SMARTS) is 1. The van der Waals surface area contributed by atoms with Gasteiger partial charge in [0.15, 0.2) is 15.4 Å². The summed E-state index contributed by atoms with van der Waals surface area (Å²) in [5.41, 5.74) is 3.23. The number of nitrogens with zero attached hydrogens (tertiary/aromatic N) is 1. The maximum Gasteiger partial charge on any atom is 0.335 e. The van der Waals surface area contributed by atoms with Crippen LogP contribution in [0.25, 0.3) is 0 Å². The molecule has 0 aromatic rings. The van der Waals surface area contributed by atoms with Crippen molar-refractivity contribution in [2.24, 2.45) is 57.2 Å². The second-order valence-electron chi connectivity index (χ2n) is 20.8. The largest absolute Gasteiger partial charge is 0.479 e. The van der Waals surface area contributed by atoms with Crippen LogP contribution >= 0.6 is 0 Å². The smallest absolute Gasteiger partial charge is 0.335 e. The Labute approximate surface area is 322 Å². The molecule has 1 saturated heterocycles. The van der Waals surface area contributed by atoms with Crippen molar-refractivity contribution in [3.63, 3.8) is 0 Å². The fourth-order valence-electron chi connectivity index (χ4n) is 15.3. The summed E-state index contributed by atoms with van der Waals surface area (Å²) in [7, 11) is -2.86. The van der Waals surface area contributed by atoms with Crippen molar-refractivity contribution in [3.05, 3.63) is 23.8 Å². The van der Waals surface area contributed by atoms with Crippen molar-refractivity contribution >= 4 is 15.8 Å². The van der Waals surface area contributed by atoms with Gasteiger partial charge in [-0.05, 0) is 161 Å². The zero-order valence-electron chi connectivity index (χ0n) is 34.5. The third kappa shape index (κ3) is 6.46. The number of allylic oxidation sites excluding steroid dienone is 3. The molecule has 8 heteroatoms. The summed E-state index contributed by atoms with van der Waals surface area (Å²) in [6.07, 6.45) is 18.4. The standard InChI is InChI=1S/C45H74N2O5S/c1-9-52-45(39(48)49)20-12-32(13-21-45)30-33-14-17-41(6)36(40(33,4)5)16-18-43(8)37(41)11-10-35-38-34(31(2)3)15-19-44(38,23-22-42(35,43)7)46-24-25-47-26-28-53(50,51)29-27-47/h14,32,34-38,46H,2,9-13,15-30H2,1,3-8H3,(H,48,49)/t32?,34-,35+,36-,37+,38+,41-,42+,43+,44-,45?/m0/s1. The van der Waals surface area contributed by atoms with Gasteiger partial charge in [-0.15, -0.1) is 0 Å². The first-order valence-electron chi connectivity index (χ1n) is 21.8.